The fourth-order valence-electron chi connectivity index (χ4n) is 2.41. The number of aryl methyl sites for hydroxylation is 1. The van der Waals surface area contributed by atoms with Gasteiger partial charge in [0.1, 0.15) is 0 Å². The third kappa shape index (κ3) is 3.12. The zero-order valence-corrected chi connectivity index (χ0v) is 12.0. The van der Waals surface area contributed by atoms with Gasteiger partial charge in [0, 0.05) is 22.5 Å². The van der Waals surface area contributed by atoms with E-state index in [1.54, 1.807) is 0 Å². The van der Waals surface area contributed by atoms with Crippen molar-refractivity contribution in [2.75, 3.05) is 6.54 Å². The van der Waals surface area contributed by atoms with E-state index in [0.29, 0.717) is 12.1 Å². The third-order valence-corrected chi connectivity index (χ3v) is 4.08. The molecule has 0 aliphatic heterocycles. The van der Waals surface area contributed by atoms with Crippen LogP contribution in [0.4, 0.5) is 0 Å². The second kappa shape index (κ2) is 5.85. The summed E-state index contributed by atoms with van der Waals surface area (Å²) in [6.45, 7) is 2.48. The first-order valence-corrected chi connectivity index (χ1v) is 7.09. The summed E-state index contributed by atoms with van der Waals surface area (Å²) in [5.41, 5.74) is 1.65. The lowest BCUT2D eigenvalue weighted by atomic mass is 10.1. The van der Waals surface area contributed by atoms with Crippen LogP contribution in [0.15, 0.2) is 22.7 Å². The minimum atomic E-state index is -0.256. The lowest BCUT2D eigenvalue weighted by Crippen LogP contribution is -2.32. The normalized spacial score (nSPS) is 23.1. The van der Waals surface area contributed by atoms with Crippen molar-refractivity contribution in [3.8, 4) is 0 Å². The first kappa shape index (κ1) is 13.6. The van der Waals surface area contributed by atoms with Gasteiger partial charge in [0.15, 0.2) is 0 Å². The molecule has 0 bridgehead atoms. The fourth-order valence-corrected chi connectivity index (χ4v) is 2.77. The first-order chi connectivity index (χ1) is 8.58. The molecular weight excluding hydrogens is 294 g/mol. The van der Waals surface area contributed by atoms with Crippen LogP contribution >= 0.6 is 15.9 Å². The molecular formula is C14H18BrNO2. The number of carbonyl (C=O) groups excluding carboxylic acids is 1. The summed E-state index contributed by atoms with van der Waals surface area (Å²) in [6, 6.07) is 5.67. The second-order valence-corrected chi connectivity index (χ2v) is 5.84. The van der Waals surface area contributed by atoms with Crippen molar-refractivity contribution in [1.29, 1.82) is 0 Å². The Morgan fingerprint density at radius 1 is 1.50 bits per heavy atom. The zero-order valence-electron chi connectivity index (χ0n) is 10.4. The topological polar surface area (TPSA) is 49.3 Å². The van der Waals surface area contributed by atoms with E-state index in [4.69, 9.17) is 0 Å². The fraction of sp³-hybridized carbons (Fsp3) is 0.500. The largest absolute Gasteiger partial charge is 0.393 e. The number of hydrogen-bond donors (Lipinski definition) is 2. The van der Waals surface area contributed by atoms with E-state index in [1.165, 1.54) is 0 Å². The van der Waals surface area contributed by atoms with Gasteiger partial charge in [-0.25, -0.2) is 0 Å². The van der Waals surface area contributed by atoms with Gasteiger partial charge >= 0.3 is 0 Å². The highest BCUT2D eigenvalue weighted by molar-refractivity contribution is 9.10. The lowest BCUT2D eigenvalue weighted by molar-refractivity contribution is 0.0916. The smallest absolute Gasteiger partial charge is 0.251 e. The number of aliphatic hydroxyl groups excluding tert-OH is 1. The Hall–Kier alpha value is -0.870. The maximum atomic E-state index is 12.1. The van der Waals surface area contributed by atoms with E-state index in [2.05, 4.69) is 21.2 Å². The van der Waals surface area contributed by atoms with E-state index in [1.807, 2.05) is 25.1 Å². The Kier molecular flexibility index (Phi) is 4.40. The van der Waals surface area contributed by atoms with Crippen LogP contribution in [0.3, 0.4) is 0 Å². The molecule has 1 amide bonds. The molecule has 3 nitrogen and oxygen atoms in total. The number of carbonyl (C=O) groups is 1. The van der Waals surface area contributed by atoms with Crippen LogP contribution in [0, 0.1) is 12.8 Å². The molecule has 0 heterocycles. The number of benzene rings is 1. The predicted molar refractivity (Wildman–Crippen MR) is 74.6 cm³/mol. The first-order valence-electron chi connectivity index (χ1n) is 6.30. The van der Waals surface area contributed by atoms with Gasteiger partial charge in [-0.05, 0) is 37.5 Å². The summed E-state index contributed by atoms with van der Waals surface area (Å²) in [7, 11) is 0. The quantitative estimate of drug-likeness (QED) is 0.901. The van der Waals surface area contributed by atoms with Gasteiger partial charge in [-0.1, -0.05) is 28.4 Å². The van der Waals surface area contributed by atoms with E-state index in [-0.39, 0.29) is 17.9 Å². The van der Waals surface area contributed by atoms with Crippen molar-refractivity contribution in [2.45, 2.75) is 32.3 Å². The second-order valence-electron chi connectivity index (χ2n) is 4.93. The number of nitrogens with one attached hydrogen (secondary N) is 1. The molecule has 1 aromatic rings. The van der Waals surface area contributed by atoms with Crippen LogP contribution in [0.2, 0.25) is 0 Å². The Balaban J connectivity index is 1.97. The van der Waals surface area contributed by atoms with Crippen LogP contribution in [0.25, 0.3) is 0 Å². The highest BCUT2D eigenvalue weighted by Gasteiger charge is 2.25. The lowest BCUT2D eigenvalue weighted by Gasteiger charge is -2.15. The van der Waals surface area contributed by atoms with E-state index >= 15 is 0 Å². The Morgan fingerprint density at radius 3 is 2.94 bits per heavy atom. The highest BCUT2D eigenvalue weighted by atomic mass is 79.9. The number of hydrogen-bond acceptors (Lipinski definition) is 2. The molecule has 0 saturated heterocycles. The molecule has 1 fully saturated rings. The zero-order chi connectivity index (χ0) is 13.1. The highest BCUT2D eigenvalue weighted by Crippen LogP contribution is 2.25. The number of aliphatic hydroxyl groups is 1. The molecule has 98 valence electrons. The minimum absolute atomic E-state index is 0.0621. The molecule has 2 unspecified atom stereocenters. The predicted octanol–water partition coefficient (Wildman–Crippen LogP) is 2.65. The van der Waals surface area contributed by atoms with Crippen LogP contribution in [0.1, 0.15) is 35.2 Å². The van der Waals surface area contributed by atoms with Gasteiger partial charge in [0.25, 0.3) is 5.91 Å². The van der Waals surface area contributed by atoms with Gasteiger partial charge in [-0.2, -0.15) is 0 Å². The van der Waals surface area contributed by atoms with Gasteiger partial charge in [0.05, 0.1) is 6.10 Å². The molecule has 4 heteroatoms. The third-order valence-electron chi connectivity index (χ3n) is 3.59. The van der Waals surface area contributed by atoms with Crippen molar-refractivity contribution < 1.29 is 9.90 Å². The van der Waals surface area contributed by atoms with Crippen molar-refractivity contribution >= 4 is 21.8 Å². The molecule has 2 atom stereocenters. The molecule has 2 rings (SSSR count). The van der Waals surface area contributed by atoms with Gasteiger partial charge < -0.3 is 10.4 Å². The molecule has 2 N–H and O–H groups in total. The van der Waals surface area contributed by atoms with Crippen molar-refractivity contribution in [1.82, 2.24) is 5.32 Å². The minimum Gasteiger partial charge on any atom is -0.393 e. The molecule has 0 radical (unpaired) electrons. The van der Waals surface area contributed by atoms with Crippen LogP contribution in [-0.4, -0.2) is 23.7 Å². The molecule has 0 spiro atoms. The molecule has 1 saturated carbocycles. The number of amides is 1. The van der Waals surface area contributed by atoms with Crippen LogP contribution < -0.4 is 5.32 Å². The maximum absolute atomic E-state index is 12.1. The molecule has 1 aliphatic carbocycles. The van der Waals surface area contributed by atoms with Gasteiger partial charge in [-0.3, -0.25) is 4.79 Å². The molecule has 1 aromatic carbocycles. The maximum Gasteiger partial charge on any atom is 0.251 e. The molecule has 18 heavy (non-hydrogen) atoms. The van der Waals surface area contributed by atoms with Crippen LogP contribution in [0.5, 0.6) is 0 Å². The standard InChI is InChI=1S/C14H18BrNO2/c1-9-5-6-11(15)7-12(9)14(18)16-8-10-3-2-4-13(10)17/h5-7,10,13,17H,2-4,8H2,1H3,(H,16,18). The number of rotatable bonds is 3. The summed E-state index contributed by atoms with van der Waals surface area (Å²) < 4.78 is 0.902. The van der Waals surface area contributed by atoms with E-state index in [9.17, 15) is 9.90 Å². The van der Waals surface area contributed by atoms with Crippen molar-refractivity contribution in [3.05, 3.63) is 33.8 Å². The SMILES string of the molecule is Cc1ccc(Br)cc1C(=O)NCC1CCCC1O. The summed E-state index contributed by atoms with van der Waals surface area (Å²) in [5, 5.41) is 12.6. The summed E-state index contributed by atoms with van der Waals surface area (Å²) in [5.74, 6) is 0.148. The van der Waals surface area contributed by atoms with Crippen LogP contribution in [-0.2, 0) is 0 Å². The van der Waals surface area contributed by atoms with Crippen molar-refractivity contribution in [2.24, 2.45) is 5.92 Å². The van der Waals surface area contributed by atoms with E-state index in [0.717, 1.165) is 29.3 Å². The van der Waals surface area contributed by atoms with Crippen molar-refractivity contribution in [3.63, 3.8) is 0 Å². The van der Waals surface area contributed by atoms with E-state index < -0.39 is 0 Å². The number of halogens is 1. The molecule has 1 aliphatic rings. The van der Waals surface area contributed by atoms with Gasteiger partial charge in [0.2, 0.25) is 0 Å². The summed E-state index contributed by atoms with van der Waals surface area (Å²) in [6.07, 6.45) is 2.65. The summed E-state index contributed by atoms with van der Waals surface area (Å²) >= 11 is 3.37. The Morgan fingerprint density at radius 2 is 2.28 bits per heavy atom. The summed E-state index contributed by atoms with van der Waals surface area (Å²) in [4.78, 5) is 12.1. The van der Waals surface area contributed by atoms with Gasteiger partial charge in [-0.15, -0.1) is 0 Å². The monoisotopic (exact) mass is 311 g/mol. The Bertz CT molecular complexity index is 447. The molecule has 0 aromatic heterocycles. The average Bonchev–Trinajstić information content (AvgIpc) is 2.75. The Labute approximate surface area is 116 Å². The average molecular weight is 312 g/mol.